The van der Waals surface area contributed by atoms with Crippen LogP contribution in [0.1, 0.15) is 34.1 Å². The molecule has 0 aromatic heterocycles. The van der Waals surface area contributed by atoms with Crippen LogP contribution in [-0.2, 0) is 9.53 Å². The maximum absolute atomic E-state index is 11.4. The first kappa shape index (κ1) is 13.7. The smallest absolute Gasteiger partial charge is 0.238 e. The molecule has 1 N–H and O–H groups in total. The van der Waals surface area contributed by atoms with E-state index < -0.39 is 5.38 Å². The second-order valence-electron chi connectivity index (χ2n) is 4.30. The van der Waals surface area contributed by atoms with Gasteiger partial charge in [-0.15, -0.1) is 11.6 Å². The minimum atomic E-state index is -0.535. The maximum Gasteiger partial charge on any atom is 0.238 e. The van der Waals surface area contributed by atoms with Gasteiger partial charge in [-0.05, 0) is 27.7 Å². The van der Waals surface area contributed by atoms with Crippen molar-refractivity contribution < 1.29 is 9.53 Å². The molecular formula is C10H20ClNO2. The van der Waals surface area contributed by atoms with Crippen LogP contribution >= 0.6 is 11.6 Å². The summed E-state index contributed by atoms with van der Waals surface area (Å²) in [5, 5.41) is 2.23. The number of carbonyl (C=O) groups is 1. The van der Waals surface area contributed by atoms with Crippen molar-refractivity contribution in [3.63, 3.8) is 0 Å². The molecule has 84 valence electrons. The first-order chi connectivity index (χ1) is 6.28. The van der Waals surface area contributed by atoms with E-state index in [0.717, 1.165) is 0 Å². The van der Waals surface area contributed by atoms with Gasteiger partial charge in [0.1, 0.15) is 5.38 Å². The van der Waals surface area contributed by atoms with Crippen LogP contribution in [-0.4, -0.2) is 30.0 Å². The molecule has 3 nitrogen and oxygen atoms in total. The second-order valence-corrected chi connectivity index (χ2v) is 4.83. The number of hydrogen-bond acceptors (Lipinski definition) is 2. The van der Waals surface area contributed by atoms with Crippen molar-refractivity contribution in [2.24, 2.45) is 0 Å². The van der Waals surface area contributed by atoms with E-state index in [0.29, 0.717) is 6.42 Å². The molecule has 0 heterocycles. The number of carbonyl (C=O) groups excluding carboxylic acids is 1. The molecule has 1 atom stereocenters. The molecule has 0 rings (SSSR count). The molecule has 0 fully saturated rings. The van der Waals surface area contributed by atoms with Crippen molar-refractivity contribution in [1.29, 1.82) is 0 Å². The highest BCUT2D eigenvalue weighted by atomic mass is 35.5. The Morgan fingerprint density at radius 1 is 1.50 bits per heavy atom. The summed E-state index contributed by atoms with van der Waals surface area (Å²) >= 11 is 5.95. The molecule has 0 saturated carbocycles. The van der Waals surface area contributed by atoms with Gasteiger partial charge in [-0.25, -0.2) is 0 Å². The molecule has 4 heteroatoms. The van der Waals surface area contributed by atoms with Crippen molar-refractivity contribution in [2.45, 2.75) is 51.1 Å². The number of methoxy groups -OCH3 is 1. The zero-order chi connectivity index (χ0) is 11.4. The summed E-state index contributed by atoms with van der Waals surface area (Å²) in [7, 11) is 1.62. The van der Waals surface area contributed by atoms with Crippen LogP contribution in [0.5, 0.6) is 0 Å². The first-order valence-corrected chi connectivity index (χ1v) is 5.22. The van der Waals surface area contributed by atoms with E-state index >= 15 is 0 Å². The lowest BCUT2D eigenvalue weighted by Gasteiger charge is -2.25. The summed E-state index contributed by atoms with van der Waals surface area (Å²) in [6.07, 6.45) is 0.504. The fourth-order valence-corrected chi connectivity index (χ4v) is 1.42. The number of rotatable bonds is 5. The first-order valence-electron chi connectivity index (χ1n) is 4.78. The van der Waals surface area contributed by atoms with Gasteiger partial charge in [0, 0.05) is 19.6 Å². The highest BCUT2D eigenvalue weighted by molar-refractivity contribution is 6.30. The molecule has 0 aliphatic carbocycles. The average molecular weight is 222 g/mol. The second kappa shape index (κ2) is 5.56. The molecule has 0 radical (unpaired) electrons. The van der Waals surface area contributed by atoms with E-state index in [9.17, 15) is 4.79 Å². The molecule has 0 spiro atoms. The molecule has 0 aromatic rings. The summed E-state index contributed by atoms with van der Waals surface area (Å²) < 4.78 is 5.20. The molecular weight excluding hydrogens is 202 g/mol. The van der Waals surface area contributed by atoms with E-state index in [1.807, 2.05) is 27.7 Å². The fraction of sp³-hybridized carbons (Fsp3) is 0.900. The van der Waals surface area contributed by atoms with Gasteiger partial charge in [0.15, 0.2) is 0 Å². The highest BCUT2D eigenvalue weighted by Crippen LogP contribution is 2.19. The molecule has 1 unspecified atom stereocenters. The predicted molar refractivity (Wildman–Crippen MR) is 58.6 cm³/mol. The highest BCUT2D eigenvalue weighted by Gasteiger charge is 2.26. The molecule has 0 bridgehead atoms. The van der Waals surface area contributed by atoms with Gasteiger partial charge in [0.05, 0.1) is 5.60 Å². The van der Waals surface area contributed by atoms with Crippen molar-refractivity contribution in [1.82, 2.24) is 5.32 Å². The van der Waals surface area contributed by atoms with Crippen molar-refractivity contribution in [3.8, 4) is 0 Å². The van der Waals surface area contributed by atoms with Crippen LogP contribution in [0.4, 0.5) is 0 Å². The van der Waals surface area contributed by atoms with Gasteiger partial charge in [-0.2, -0.15) is 0 Å². The van der Waals surface area contributed by atoms with Crippen molar-refractivity contribution in [2.75, 3.05) is 7.11 Å². The van der Waals surface area contributed by atoms with E-state index in [4.69, 9.17) is 16.3 Å². The van der Waals surface area contributed by atoms with Crippen LogP contribution < -0.4 is 5.32 Å². The zero-order valence-corrected chi connectivity index (χ0v) is 10.3. The quantitative estimate of drug-likeness (QED) is 0.721. The molecule has 1 amide bonds. The lowest BCUT2D eigenvalue weighted by atomic mass is 10.0. The number of amides is 1. The Bertz CT molecular complexity index is 193. The minimum Gasteiger partial charge on any atom is -0.379 e. The molecule has 0 aliphatic rings. The van der Waals surface area contributed by atoms with Crippen LogP contribution in [0, 0.1) is 0 Å². The minimum absolute atomic E-state index is 0.120. The standard InChI is InChI=1S/C10H20ClNO2/c1-7(2)12-9(13)8(11)6-10(3,4)14-5/h7-8H,6H2,1-5H3,(H,12,13). The largest absolute Gasteiger partial charge is 0.379 e. The Morgan fingerprint density at radius 2 is 2.00 bits per heavy atom. The number of ether oxygens (including phenoxy) is 1. The molecule has 0 aliphatic heterocycles. The van der Waals surface area contributed by atoms with Crippen LogP contribution in [0.25, 0.3) is 0 Å². The fourth-order valence-electron chi connectivity index (χ4n) is 0.983. The topological polar surface area (TPSA) is 38.3 Å². The Hall–Kier alpha value is -0.280. The number of halogens is 1. The third-order valence-corrected chi connectivity index (χ3v) is 2.29. The van der Waals surface area contributed by atoms with Gasteiger partial charge in [-0.1, -0.05) is 0 Å². The zero-order valence-electron chi connectivity index (χ0n) is 9.56. The number of hydrogen-bond donors (Lipinski definition) is 1. The summed E-state index contributed by atoms with van der Waals surface area (Å²) in [6.45, 7) is 7.63. The summed E-state index contributed by atoms with van der Waals surface area (Å²) in [5.74, 6) is -0.133. The van der Waals surface area contributed by atoms with E-state index in [-0.39, 0.29) is 17.6 Å². The monoisotopic (exact) mass is 221 g/mol. The maximum atomic E-state index is 11.4. The summed E-state index contributed by atoms with van der Waals surface area (Å²) in [6, 6.07) is 0.120. The van der Waals surface area contributed by atoms with Gasteiger partial charge < -0.3 is 10.1 Å². The molecule has 14 heavy (non-hydrogen) atoms. The Morgan fingerprint density at radius 3 is 2.36 bits per heavy atom. The van der Waals surface area contributed by atoms with Gasteiger partial charge >= 0.3 is 0 Å². The van der Waals surface area contributed by atoms with Gasteiger partial charge in [-0.3, -0.25) is 4.79 Å². The number of alkyl halides is 1. The van der Waals surface area contributed by atoms with Crippen LogP contribution in [0.3, 0.4) is 0 Å². The Balaban J connectivity index is 4.07. The predicted octanol–water partition coefficient (Wildman–Crippen LogP) is 1.93. The van der Waals surface area contributed by atoms with E-state index in [2.05, 4.69) is 5.32 Å². The lowest BCUT2D eigenvalue weighted by molar-refractivity contribution is -0.122. The van der Waals surface area contributed by atoms with Crippen LogP contribution in [0.2, 0.25) is 0 Å². The summed E-state index contributed by atoms with van der Waals surface area (Å²) in [4.78, 5) is 11.4. The van der Waals surface area contributed by atoms with Crippen LogP contribution in [0.15, 0.2) is 0 Å². The molecule has 0 saturated heterocycles. The summed E-state index contributed by atoms with van der Waals surface area (Å²) in [5.41, 5.74) is -0.360. The van der Waals surface area contributed by atoms with Gasteiger partial charge in [0.2, 0.25) is 5.91 Å². The lowest BCUT2D eigenvalue weighted by Crippen LogP contribution is -2.40. The third-order valence-electron chi connectivity index (χ3n) is 1.94. The van der Waals surface area contributed by atoms with E-state index in [1.54, 1.807) is 7.11 Å². The van der Waals surface area contributed by atoms with E-state index in [1.165, 1.54) is 0 Å². The third kappa shape index (κ3) is 5.45. The Kier molecular flexibility index (Phi) is 5.45. The number of nitrogens with one attached hydrogen (secondary N) is 1. The van der Waals surface area contributed by atoms with Crippen molar-refractivity contribution >= 4 is 17.5 Å². The Labute approximate surface area is 91.2 Å². The molecule has 0 aromatic carbocycles. The average Bonchev–Trinajstić information content (AvgIpc) is 2.02. The normalized spacial score (nSPS) is 14.2. The van der Waals surface area contributed by atoms with Crippen molar-refractivity contribution in [3.05, 3.63) is 0 Å². The van der Waals surface area contributed by atoms with Gasteiger partial charge in [0.25, 0.3) is 0 Å². The SMILES string of the molecule is COC(C)(C)CC(Cl)C(=O)NC(C)C.